The van der Waals surface area contributed by atoms with Gasteiger partial charge in [0.1, 0.15) is 5.69 Å². The standard InChI is InChI=1S/C19H21ClN4O/c20-17-7-4-10-21-18(17)19(25)23-22-13-15-8-11-24(12-9-15)14-16-5-2-1-3-6-16/h1-7,10,13,15H,8-9,11-12,14H2,(H,23,25)/b22-13+. The fourth-order valence-corrected chi connectivity index (χ4v) is 3.12. The molecule has 1 aliphatic heterocycles. The Morgan fingerprint density at radius 3 is 2.72 bits per heavy atom. The number of carbonyl (C=O) groups is 1. The molecule has 1 aromatic heterocycles. The summed E-state index contributed by atoms with van der Waals surface area (Å²) >= 11 is 5.95. The van der Waals surface area contributed by atoms with Gasteiger partial charge in [0.05, 0.1) is 5.02 Å². The second-order valence-corrected chi connectivity index (χ2v) is 6.56. The van der Waals surface area contributed by atoms with Gasteiger partial charge in [-0.25, -0.2) is 10.4 Å². The quantitative estimate of drug-likeness (QED) is 0.660. The van der Waals surface area contributed by atoms with Crippen LogP contribution in [0.25, 0.3) is 0 Å². The maximum atomic E-state index is 12.0. The zero-order valence-corrected chi connectivity index (χ0v) is 14.7. The molecule has 0 atom stereocenters. The maximum absolute atomic E-state index is 12.0. The van der Waals surface area contributed by atoms with Crippen LogP contribution >= 0.6 is 11.6 Å². The lowest BCUT2D eigenvalue weighted by atomic mass is 9.98. The summed E-state index contributed by atoms with van der Waals surface area (Å²) in [5.74, 6) is -0.00473. The largest absolute Gasteiger partial charge is 0.299 e. The number of benzene rings is 1. The molecule has 130 valence electrons. The van der Waals surface area contributed by atoms with Gasteiger partial charge in [-0.3, -0.25) is 9.69 Å². The number of hydrazone groups is 1. The predicted molar refractivity (Wildman–Crippen MR) is 99.6 cm³/mol. The third-order valence-electron chi connectivity index (χ3n) is 4.31. The van der Waals surface area contributed by atoms with E-state index in [0.717, 1.165) is 32.5 Å². The van der Waals surface area contributed by atoms with E-state index in [4.69, 9.17) is 11.6 Å². The van der Waals surface area contributed by atoms with Crippen LogP contribution in [0.3, 0.4) is 0 Å². The van der Waals surface area contributed by atoms with Crippen molar-refractivity contribution in [1.29, 1.82) is 0 Å². The van der Waals surface area contributed by atoms with Crippen molar-refractivity contribution in [3.63, 3.8) is 0 Å². The number of amides is 1. The first kappa shape index (κ1) is 17.6. The molecule has 0 unspecified atom stereocenters. The van der Waals surface area contributed by atoms with Gasteiger partial charge in [-0.05, 0) is 49.5 Å². The Labute approximate surface area is 152 Å². The second kappa shape index (κ2) is 8.74. The van der Waals surface area contributed by atoms with E-state index < -0.39 is 0 Å². The molecule has 1 amide bonds. The van der Waals surface area contributed by atoms with Crippen LogP contribution < -0.4 is 5.43 Å². The van der Waals surface area contributed by atoms with Crippen molar-refractivity contribution in [1.82, 2.24) is 15.3 Å². The van der Waals surface area contributed by atoms with Gasteiger partial charge in [0.25, 0.3) is 5.91 Å². The van der Waals surface area contributed by atoms with Crippen LogP contribution in [0.15, 0.2) is 53.8 Å². The van der Waals surface area contributed by atoms with E-state index in [9.17, 15) is 4.79 Å². The molecule has 0 bridgehead atoms. The van der Waals surface area contributed by atoms with Crippen molar-refractivity contribution in [3.8, 4) is 0 Å². The first-order chi connectivity index (χ1) is 12.2. The summed E-state index contributed by atoms with van der Waals surface area (Å²) in [6.07, 6.45) is 5.44. The molecule has 1 saturated heterocycles. The zero-order chi connectivity index (χ0) is 17.5. The third-order valence-corrected chi connectivity index (χ3v) is 4.61. The minimum atomic E-state index is -0.386. The lowest BCUT2D eigenvalue weighted by Gasteiger charge is -2.30. The molecule has 2 aromatic rings. The average molecular weight is 357 g/mol. The van der Waals surface area contributed by atoms with Crippen LogP contribution in [0.2, 0.25) is 5.02 Å². The Balaban J connectivity index is 1.43. The van der Waals surface area contributed by atoms with E-state index >= 15 is 0 Å². The van der Waals surface area contributed by atoms with E-state index in [-0.39, 0.29) is 11.6 Å². The number of pyridine rings is 1. The van der Waals surface area contributed by atoms with Crippen LogP contribution in [0, 0.1) is 5.92 Å². The summed E-state index contributed by atoms with van der Waals surface area (Å²) in [6, 6.07) is 13.8. The SMILES string of the molecule is O=C(N/N=C/C1CCN(Cc2ccccc2)CC1)c1ncccc1Cl. The smallest absolute Gasteiger partial charge is 0.291 e. The Morgan fingerprint density at radius 2 is 2.00 bits per heavy atom. The molecule has 1 fully saturated rings. The number of likely N-dealkylation sites (tertiary alicyclic amines) is 1. The monoisotopic (exact) mass is 356 g/mol. The van der Waals surface area contributed by atoms with Crippen molar-refractivity contribution in [2.24, 2.45) is 11.0 Å². The zero-order valence-electron chi connectivity index (χ0n) is 13.9. The number of halogens is 1. The van der Waals surface area contributed by atoms with Gasteiger partial charge in [0, 0.05) is 19.0 Å². The second-order valence-electron chi connectivity index (χ2n) is 6.15. The average Bonchev–Trinajstić information content (AvgIpc) is 2.64. The van der Waals surface area contributed by atoms with Crippen LogP contribution in [0.4, 0.5) is 0 Å². The minimum Gasteiger partial charge on any atom is -0.299 e. The highest BCUT2D eigenvalue weighted by Crippen LogP contribution is 2.17. The third kappa shape index (κ3) is 5.11. The van der Waals surface area contributed by atoms with Gasteiger partial charge in [0.2, 0.25) is 0 Å². The van der Waals surface area contributed by atoms with Crippen molar-refractivity contribution in [2.75, 3.05) is 13.1 Å². The van der Waals surface area contributed by atoms with E-state index in [1.54, 1.807) is 12.1 Å². The lowest BCUT2D eigenvalue weighted by molar-refractivity contribution is 0.0950. The molecule has 0 aliphatic carbocycles. The number of aromatic nitrogens is 1. The maximum Gasteiger partial charge on any atom is 0.291 e. The van der Waals surface area contributed by atoms with Gasteiger partial charge in [-0.2, -0.15) is 5.10 Å². The summed E-state index contributed by atoms with van der Waals surface area (Å²) < 4.78 is 0. The van der Waals surface area contributed by atoms with Crippen molar-refractivity contribution in [2.45, 2.75) is 19.4 Å². The highest BCUT2D eigenvalue weighted by Gasteiger charge is 2.18. The topological polar surface area (TPSA) is 57.6 Å². The number of nitrogens with one attached hydrogen (secondary N) is 1. The van der Waals surface area contributed by atoms with Gasteiger partial charge in [0.15, 0.2) is 0 Å². The highest BCUT2D eigenvalue weighted by atomic mass is 35.5. The fraction of sp³-hybridized carbons (Fsp3) is 0.316. The van der Waals surface area contributed by atoms with Gasteiger partial charge < -0.3 is 0 Å². The molecule has 1 N–H and O–H groups in total. The molecule has 5 nitrogen and oxygen atoms in total. The number of nitrogens with zero attached hydrogens (tertiary/aromatic N) is 3. The number of piperidine rings is 1. The van der Waals surface area contributed by atoms with Crippen LogP contribution in [-0.2, 0) is 6.54 Å². The minimum absolute atomic E-state index is 0.194. The van der Waals surface area contributed by atoms with Gasteiger partial charge >= 0.3 is 0 Å². The number of hydrogen-bond donors (Lipinski definition) is 1. The Morgan fingerprint density at radius 1 is 1.24 bits per heavy atom. The summed E-state index contributed by atoms with van der Waals surface area (Å²) in [4.78, 5) is 18.4. The molecule has 6 heteroatoms. The lowest BCUT2D eigenvalue weighted by Crippen LogP contribution is -2.34. The summed E-state index contributed by atoms with van der Waals surface area (Å²) in [7, 11) is 0. The number of rotatable bonds is 5. The first-order valence-corrected chi connectivity index (χ1v) is 8.80. The molecule has 1 aliphatic rings. The molecule has 2 heterocycles. The molecule has 1 aromatic carbocycles. The normalized spacial score (nSPS) is 16.2. The summed E-state index contributed by atoms with van der Waals surface area (Å²) in [5, 5.41) is 4.40. The molecular formula is C19H21ClN4O. The van der Waals surface area contributed by atoms with Crippen molar-refractivity contribution >= 4 is 23.7 Å². The molecule has 0 radical (unpaired) electrons. The molecule has 25 heavy (non-hydrogen) atoms. The first-order valence-electron chi connectivity index (χ1n) is 8.42. The Hall–Kier alpha value is -2.24. The van der Waals surface area contributed by atoms with E-state index in [1.807, 2.05) is 12.3 Å². The van der Waals surface area contributed by atoms with Crippen LogP contribution in [0.5, 0.6) is 0 Å². The van der Waals surface area contributed by atoms with Crippen molar-refractivity contribution in [3.05, 3.63) is 64.9 Å². The predicted octanol–water partition coefficient (Wildman–Crippen LogP) is 3.36. The van der Waals surface area contributed by atoms with E-state index in [0.29, 0.717) is 10.9 Å². The van der Waals surface area contributed by atoms with E-state index in [1.165, 1.54) is 11.8 Å². The van der Waals surface area contributed by atoms with Gasteiger partial charge in [-0.15, -0.1) is 0 Å². The summed E-state index contributed by atoms with van der Waals surface area (Å²) in [5.41, 5.74) is 4.04. The Bertz CT molecular complexity index is 727. The molecular weight excluding hydrogens is 336 g/mol. The highest BCUT2D eigenvalue weighted by molar-refractivity contribution is 6.33. The molecule has 3 rings (SSSR count). The number of carbonyl (C=O) groups excluding carboxylic acids is 1. The van der Waals surface area contributed by atoms with Gasteiger partial charge in [-0.1, -0.05) is 41.9 Å². The van der Waals surface area contributed by atoms with E-state index in [2.05, 4.69) is 44.7 Å². The molecule has 0 saturated carbocycles. The fourth-order valence-electron chi connectivity index (χ4n) is 2.91. The number of hydrogen-bond acceptors (Lipinski definition) is 4. The van der Waals surface area contributed by atoms with Crippen LogP contribution in [0.1, 0.15) is 28.9 Å². The van der Waals surface area contributed by atoms with Crippen molar-refractivity contribution < 1.29 is 4.79 Å². The summed E-state index contributed by atoms with van der Waals surface area (Å²) in [6.45, 7) is 3.05. The molecule has 0 spiro atoms. The Kier molecular flexibility index (Phi) is 6.14. The van der Waals surface area contributed by atoms with Crippen LogP contribution in [-0.4, -0.2) is 35.1 Å².